The van der Waals surface area contributed by atoms with Crippen LogP contribution < -0.4 is 15.8 Å². The van der Waals surface area contributed by atoms with Gasteiger partial charge in [-0.25, -0.2) is 0 Å². The first-order valence-electron chi connectivity index (χ1n) is 5.91. The summed E-state index contributed by atoms with van der Waals surface area (Å²) in [5.74, 6) is 0.545. The van der Waals surface area contributed by atoms with Gasteiger partial charge in [0.05, 0.1) is 18.1 Å². The van der Waals surface area contributed by atoms with Crippen LogP contribution in [0.3, 0.4) is 0 Å². The fourth-order valence-electron chi connectivity index (χ4n) is 1.44. The van der Waals surface area contributed by atoms with Gasteiger partial charge in [0.1, 0.15) is 10.7 Å². The molecule has 0 aliphatic heterocycles. The Morgan fingerprint density at radius 2 is 2.21 bits per heavy atom. The predicted octanol–water partition coefficient (Wildman–Crippen LogP) is 2.27. The second kappa shape index (κ2) is 7.31. The molecule has 4 nitrogen and oxygen atoms in total. The number of thiocarbonyl (C=S) groups is 1. The van der Waals surface area contributed by atoms with Gasteiger partial charge in [0.15, 0.2) is 0 Å². The fourth-order valence-corrected chi connectivity index (χ4v) is 1.95. The molecule has 19 heavy (non-hydrogen) atoms. The SMILES string of the molecule is CC(C)NC(=O)CCOc1ccc(C(N)=S)c(Cl)c1. The van der Waals surface area contributed by atoms with Gasteiger partial charge in [-0.15, -0.1) is 0 Å². The number of ether oxygens (including phenoxy) is 1. The smallest absolute Gasteiger partial charge is 0.223 e. The quantitative estimate of drug-likeness (QED) is 0.791. The van der Waals surface area contributed by atoms with E-state index in [-0.39, 0.29) is 16.9 Å². The largest absolute Gasteiger partial charge is 0.493 e. The highest BCUT2D eigenvalue weighted by atomic mass is 35.5. The fraction of sp³-hybridized carbons (Fsp3) is 0.385. The lowest BCUT2D eigenvalue weighted by Gasteiger charge is -2.10. The van der Waals surface area contributed by atoms with Gasteiger partial charge < -0.3 is 15.8 Å². The van der Waals surface area contributed by atoms with Crippen molar-refractivity contribution in [2.24, 2.45) is 5.73 Å². The standard InChI is InChI=1S/C13H17ClN2O2S/c1-8(2)16-12(17)5-6-18-9-3-4-10(13(15)19)11(14)7-9/h3-4,7-8H,5-6H2,1-2H3,(H2,15,19)(H,16,17). The van der Waals surface area contributed by atoms with Gasteiger partial charge in [0.2, 0.25) is 5.91 Å². The third-order valence-electron chi connectivity index (χ3n) is 2.25. The molecule has 0 saturated heterocycles. The minimum atomic E-state index is -0.0409. The van der Waals surface area contributed by atoms with Crippen LogP contribution in [-0.4, -0.2) is 23.5 Å². The Morgan fingerprint density at radius 3 is 2.74 bits per heavy atom. The van der Waals surface area contributed by atoms with Crippen molar-refractivity contribution in [3.8, 4) is 5.75 Å². The molecule has 3 N–H and O–H groups in total. The molecule has 0 aliphatic carbocycles. The molecule has 1 aromatic carbocycles. The van der Waals surface area contributed by atoms with Gasteiger partial charge in [-0.2, -0.15) is 0 Å². The molecule has 0 radical (unpaired) electrons. The van der Waals surface area contributed by atoms with Crippen LogP contribution >= 0.6 is 23.8 Å². The number of rotatable bonds is 6. The Bertz CT molecular complexity index is 478. The van der Waals surface area contributed by atoms with E-state index in [2.05, 4.69) is 5.32 Å². The molecular formula is C13H17ClN2O2S. The second-order valence-electron chi connectivity index (χ2n) is 4.33. The zero-order chi connectivity index (χ0) is 14.4. The van der Waals surface area contributed by atoms with Crippen molar-refractivity contribution >= 4 is 34.7 Å². The summed E-state index contributed by atoms with van der Waals surface area (Å²) in [7, 11) is 0. The molecule has 1 rings (SSSR count). The molecular weight excluding hydrogens is 284 g/mol. The third kappa shape index (κ3) is 5.44. The number of nitrogens with two attached hydrogens (primary N) is 1. The number of amides is 1. The summed E-state index contributed by atoms with van der Waals surface area (Å²) in [6, 6.07) is 5.19. The number of hydrogen-bond donors (Lipinski definition) is 2. The predicted molar refractivity (Wildman–Crippen MR) is 80.7 cm³/mol. The molecule has 104 valence electrons. The van der Waals surface area contributed by atoms with Gasteiger partial charge in [0.25, 0.3) is 0 Å². The Kier molecular flexibility index (Phi) is 6.05. The van der Waals surface area contributed by atoms with E-state index in [1.54, 1.807) is 18.2 Å². The van der Waals surface area contributed by atoms with Crippen molar-refractivity contribution in [1.29, 1.82) is 0 Å². The summed E-state index contributed by atoms with van der Waals surface area (Å²) in [5.41, 5.74) is 6.12. The van der Waals surface area contributed by atoms with Crippen LogP contribution in [0.15, 0.2) is 18.2 Å². The van der Waals surface area contributed by atoms with E-state index in [0.717, 1.165) is 0 Å². The maximum absolute atomic E-state index is 11.4. The second-order valence-corrected chi connectivity index (χ2v) is 5.17. The third-order valence-corrected chi connectivity index (χ3v) is 2.79. The van der Waals surface area contributed by atoms with Crippen LogP contribution in [0, 0.1) is 0 Å². The van der Waals surface area contributed by atoms with Crippen molar-refractivity contribution in [3.63, 3.8) is 0 Å². The summed E-state index contributed by atoms with van der Waals surface area (Å²) in [6.45, 7) is 4.11. The number of halogens is 1. The first kappa shape index (κ1) is 15.7. The maximum atomic E-state index is 11.4. The monoisotopic (exact) mass is 300 g/mol. The highest BCUT2D eigenvalue weighted by Crippen LogP contribution is 2.22. The number of benzene rings is 1. The summed E-state index contributed by atoms with van der Waals surface area (Å²) in [4.78, 5) is 11.6. The highest BCUT2D eigenvalue weighted by molar-refractivity contribution is 7.80. The van der Waals surface area contributed by atoms with Crippen LogP contribution in [0.5, 0.6) is 5.75 Å². The molecule has 6 heteroatoms. The molecule has 1 aromatic rings. The average Bonchev–Trinajstić information content (AvgIpc) is 2.27. The van der Waals surface area contributed by atoms with Gasteiger partial charge in [-0.05, 0) is 32.0 Å². The summed E-state index contributed by atoms with van der Waals surface area (Å²) in [5, 5.41) is 3.23. The van der Waals surface area contributed by atoms with Gasteiger partial charge in [-0.3, -0.25) is 4.79 Å². The Hall–Kier alpha value is -1.33. The van der Waals surface area contributed by atoms with E-state index < -0.39 is 0 Å². The minimum absolute atomic E-state index is 0.0409. The number of nitrogens with one attached hydrogen (secondary N) is 1. The van der Waals surface area contributed by atoms with E-state index in [0.29, 0.717) is 29.4 Å². The summed E-state index contributed by atoms with van der Waals surface area (Å²) >= 11 is 10.9. The van der Waals surface area contributed by atoms with Gasteiger partial charge in [-0.1, -0.05) is 23.8 Å². The van der Waals surface area contributed by atoms with Crippen molar-refractivity contribution < 1.29 is 9.53 Å². The normalized spacial score (nSPS) is 10.3. The lowest BCUT2D eigenvalue weighted by atomic mass is 10.2. The van der Waals surface area contributed by atoms with E-state index in [1.165, 1.54) is 0 Å². The Morgan fingerprint density at radius 1 is 1.53 bits per heavy atom. The lowest BCUT2D eigenvalue weighted by Crippen LogP contribution is -2.31. The van der Waals surface area contributed by atoms with Crippen molar-refractivity contribution in [1.82, 2.24) is 5.32 Å². The molecule has 0 saturated carbocycles. The van der Waals surface area contributed by atoms with Gasteiger partial charge >= 0.3 is 0 Å². The van der Waals surface area contributed by atoms with Crippen LogP contribution in [0.2, 0.25) is 5.02 Å². The zero-order valence-electron chi connectivity index (χ0n) is 10.9. The minimum Gasteiger partial charge on any atom is -0.493 e. The maximum Gasteiger partial charge on any atom is 0.223 e. The molecule has 0 heterocycles. The lowest BCUT2D eigenvalue weighted by molar-refractivity contribution is -0.122. The summed E-state index contributed by atoms with van der Waals surface area (Å²) in [6.07, 6.45) is 0.298. The number of carbonyl (C=O) groups is 1. The molecule has 0 aromatic heterocycles. The van der Waals surface area contributed by atoms with Crippen LogP contribution in [-0.2, 0) is 4.79 Å². The van der Waals surface area contributed by atoms with E-state index >= 15 is 0 Å². The van der Waals surface area contributed by atoms with Crippen LogP contribution in [0.1, 0.15) is 25.8 Å². The molecule has 0 bridgehead atoms. The van der Waals surface area contributed by atoms with Crippen LogP contribution in [0.4, 0.5) is 0 Å². The van der Waals surface area contributed by atoms with E-state index in [4.69, 9.17) is 34.3 Å². The average molecular weight is 301 g/mol. The highest BCUT2D eigenvalue weighted by Gasteiger charge is 2.06. The number of carbonyl (C=O) groups excluding carboxylic acids is 1. The van der Waals surface area contributed by atoms with Gasteiger partial charge in [0, 0.05) is 11.6 Å². The van der Waals surface area contributed by atoms with Crippen molar-refractivity contribution in [3.05, 3.63) is 28.8 Å². The molecule has 0 fully saturated rings. The first-order chi connectivity index (χ1) is 8.90. The van der Waals surface area contributed by atoms with Crippen molar-refractivity contribution in [2.75, 3.05) is 6.61 Å². The van der Waals surface area contributed by atoms with E-state index in [1.807, 2.05) is 13.8 Å². The van der Waals surface area contributed by atoms with Crippen LogP contribution in [0.25, 0.3) is 0 Å². The molecule has 1 amide bonds. The molecule has 0 aliphatic rings. The van der Waals surface area contributed by atoms with Crippen molar-refractivity contribution in [2.45, 2.75) is 26.3 Å². The molecule has 0 unspecified atom stereocenters. The first-order valence-corrected chi connectivity index (χ1v) is 6.70. The molecule has 0 spiro atoms. The number of hydrogen-bond acceptors (Lipinski definition) is 3. The Labute approximate surface area is 123 Å². The zero-order valence-corrected chi connectivity index (χ0v) is 12.5. The van der Waals surface area contributed by atoms with E-state index in [9.17, 15) is 4.79 Å². The molecule has 0 atom stereocenters. The Balaban J connectivity index is 2.48. The summed E-state index contributed by atoms with van der Waals surface area (Å²) < 4.78 is 5.44. The topological polar surface area (TPSA) is 64.3 Å².